The van der Waals surface area contributed by atoms with Gasteiger partial charge in [-0.3, -0.25) is 4.79 Å². The van der Waals surface area contributed by atoms with Crippen molar-refractivity contribution < 1.29 is 4.79 Å². The summed E-state index contributed by atoms with van der Waals surface area (Å²) in [5.74, 6) is -0.213. The van der Waals surface area contributed by atoms with Crippen molar-refractivity contribution in [3.8, 4) is 0 Å². The minimum absolute atomic E-state index is 0.131. The predicted octanol–water partition coefficient (Wildman–Crippen LogP) is 2.69. The zero-order valence-corrected chi connectivity index (χ0v) is 13.2. The summed E-state index contributed by atoms with van der Waals surface area (Å²) in [6.45, 7) is 0. The Bertz CT molecular complexity index is 697. The van der Waals surface area contributed by atoms with E-state index >= 15 is 0 Å². The Balaban J connectivity index is 1.83. The fourth-order valence-electron chi connectivity index (χ4n) is 3.08. The van der Waals surface area contributed by atoms with Crippen LogP contribution in [0.15, 0.2) is 36.7 Å². The molecule has 1 heterocycles. The van der Waals surface area contributed by atoms with Crippen LogP contribution in [-0.2, 0) is 0 Å². The summed E-state index contributed by atoms with van der Waals surface area (Å²) in [6.07, 6.45) is 7.83. The molecule has 0 spiro atoms. The van der Waals surface area contributed by atoms with Crippen molar-refractivity contribution in [3.63, 3.8) is 0 Å². The number of carbonyl (C=O) groups excluding carboxylic acids is 1. The van der Waals surface area contributed by atoms with Gasteiger partial charge in [-0.1, -0.05) is 25.0 Å². The van der Waals surface area contributed by atoms with E-state index in [9.17, 15) is 4.79 Å². The van der Waals surface area contributed by atoms with Crippen molar-refractivity contribution in [2.45, 2.75) is 31.7 Å². The highest BCUT2D eigenvalue weighted by atomic mass is 16.1. The number of rotatable bonds is 4. The van der Waals surface area contributed by atoms with Crippen LogP contribution in [0.5, 0.6) is 0 Å². The lowest BCUT2D eigenvalue weighted by Gasteiger charge is -2.28. The van der Waals surface area contributed by atoms with Gasteiger partial charge in [0.2, 0.25) is 0 Å². The summed E-state index contributed by atoms with van der Waals surface area (Å²) in [7, 11) is 2.08. The topological polar surface area (TPSA) is 84.1 Å². The van der Waals surface area contributed by atoms with E-state index in [1.807, 2.05) is 24.3 Å². The number of benzene rings is 1. The van der Waals surface area contributed by atoms with Crippen LogP contribution in [0.2, 0.25) is 0 Å². The smallest absolute Gasteiger partial charge is 0.278 e. The second kappa shape index (κ2) is 6.64. The van der Waals surface area contributed by atoms with Crippen molar-refractivity contribution in [1.29, 1.82) is 0 Å². The van der Waals surface area contributed by atoms with Gasteiger partial charge in [0, 0.05) is 25.5 Å². The first kappa shape index (κ1) is 15.3. The van der Waals surface area contributed by atoms with E-state index < -0.39 is 0 Å². The lowest BCUT2D eigenvalue weighted by molar-refractivity contribution is 0.102. The second-order valence-electron chi connectivity index (χ2n) is 5.81. The number of aromatic nitrogens is 2. The van der Waals surface area contributed by atoms with E-state index in [2.05, 4.69) is 27.2 Å². The van der Waals surface area contributed by atoms with Gasteiger partial charge in [-0.05, 0) is 25.0 Å². The van der Waals surface area contributed by atoms with Crippen molar-refractivity contribution >= 4 is 23.1 Å². The standard InChI is InChI=1S/C17H21N5O/c1-22(12-6-2-3-7-12)14-9-5-4-8-13(14)21-17(23)15-16(18)20-11-10-19-15/h4-5,8-12H,2-3,6-7H2,1H3,(H2,18,20)(H,21,23). The maximum absolute atomic E-state index is 12.4. The summed E-state index contributed by atoms with van der Waals surface area (Å²) >= 11 is 0. The number of para-hydroxylation sites is 2. The number of hydrogen-bond acceptors (Lipinski definition) is 5. The molecular weight excluding hydrogens is 290 g/mol. The molecule has 6 nitrogen and oxygen atoms in total. The molecule has 0 aliphatic heterocycles. The van der Waals surface area contributed by atoms with Crippen molar-refractivity contribution in [3.05, 3.63) is 42.4 Å². The van der Waals surface area contributed by atoms with E-state index in [0.29, 0.717) is 6.04 Å². The first-order chi connectivity index (χ1) is 11.2. The van der Waals surface area contributed by atoms with E-state index in [-0.39, 0.29) is 17.4 Å². The van der Waals surface area contributed by atoms with Crippen molar-refractivity contribution in [1.82, 2.24) is 9.97 Å². The van der Waals surface area contributed by atoms with Crippen molar-refractivity contribution in [2.75, 3.05) is 23.0 Å². The average molecular weight is 311 g/mol. The molecule has 1 aliphatic carbocycles. The summed E-state index contributed by atoms with van der Waals surface area (Å²) in [6, 6.07) is 8.32. The van der Waals surface area contributed by atoms with Gasteiger partial charge in [-0.2, -0.15) is 0 Å². The molecule has 1 aromatic heterocycles. The van der Waals surface area contributed by atoms with Gasteiger partial charge in [0.15, 0.2) is 11.5 Å². The van der Waals surface area contributed by atoms with E-state index in [0.717, 1.165) is 11.4 Å². The molecule has 0 unspecified atom stereocenters. The van der Waals surface area contributed by atoms with Gasteiger partial charge in [-0.25, -0.2) is 9.97 Å². The first-order valence-electron chi connectivity index (χ1n) is 7.86. The van der Waals surface area contributed by atoms with Gasteiger partial charge in [0.05, 0.1) is 11.4 Å². The predicted molar refractivity (Wildman–Crippen MR) is 91.5 cm³/mol. The van der Waals surface area contributed by atoms with Crippen LogP contribution in [0.1, 0.15) is 36.2 Å². The van der Waals surface area contributed by atoms with Crippen LogP contribution in [0.3, 0.4) is 0 Å². The Morgan fingerprint density at radius 2 is 1.91 bits per heavy atom. The van der Waals surface area contributed by atoms with Crippen LogP contribution in [-0.4, -0.2) is 29.0 Å². The normalized spacial score (nSPS) is 14.7. The Morgan fingerprint density at radius 1 is 1.22 bits per heavy atom. The molecule has 1 amide bonds. The third kappa shape index (κ3) is 3.26. The van der Waals surface area contributed by atoms with Crippen LogP contribution in [0.25, 0.3) is 0 Å². The summed E-state index contributed by atoms with van der Waals surface area (Å²) in [5, 5.41) is 2.91. The molecule has 1 aliphatic rings. The summed E-state index contributed by atoms with van der Waals surface area (Å²) in [5.41, 5.74) is 7.64. The molecule has 2 aromatic rings. The van der Waals surface area contributed by atoms with Gasteiger partial charge in [0.1, 0.15) is 0 Å². The van der Waals surface area contributed by atoms with Gasteiger partial charge in [0.25, 0.3) is 5.91 Å². The highest BCUT2D eigenvalue weighted by molar-refractivity contribution is 6.07. The van der Waals surface area contributed by atoms with Gasteiger partial charge >= 0.3 is 0 Å². The minimum atomic E-state index is -0.345. The summed E-state index contributed by atoms with van der Waals surface area (Å²) in [4.78, 5) is 22.6. The molecule has 0 radical (unpaired) electrons. The third-order valence-electron chi connectivity index (χ3n) is 4.35. The number of hydrogen-bond donors (Lipinski definition) is 2. The van der Waals surface area contributed by atoms with Crippen LogP contribution in [0.4, 0.5) is 17.2 Å². The number of nitrogens with zero attached hydrogens (tertiary/aromatic N) is 3. The number of nitrogens with two attached hydrogens (primary N) is 1. The zero-order valence-electron chi connectivity index (χ0n) is 13.2. The van der Waals surface area contributed by atoms with Gasteiger partial charge < -0.3 is 16.0 Å². The highest BCUT2D eigenvalue weighted by Gasteiger charge is 2.22. The highest BCUT2D eigenvalue weighted by Crippen LogP contribution is 2.32. The molecule has 0 bridgehead atoms. The molecule has 1 saturated carbocycles. The lowest BCUT2D eigenvalue weighted by atomic mass is 10.1. The Labute approximate surface area is 135 Å². The molecule has 3 N–H and O–H groups in total. The van der Waals surface area contributed by atoms with Gasteiger partial charge in [-0.15, -0.1) is 0 Å². The molecule has 23 heavy (non-hydrogen) atoms. The maximum atomic E-state index is 12.4. The number of carbonyl (C=O) groups is 1. The molecule has 0 atom stereocenters. The number of nitrogen functional groups attached to an aromatic ring is 1. The largest absolute Gasteiger partial charge is 0.382 e. The SMILES string of the molecule is CN(c1ccccc1NC(=O)c1nccnc1N)C1CCCC1. The number of nitrogens with one attached hydrogen (secondary N) is 1. The zero-order chi connectivity index (χ0) is 16.2. The van der Waals surface area contributed by atoms with Crippen molar-refractivity contribution in [2.24, 2.45) is 0 Å². The summed E-state index contributed by atoms with van der Waals surface area (Å²) < 4.78 is 0. The minimum Gasteiger partial charge on any atom is -0.382 e. The quantitative estimate of drug-likeness (QED) is 0.907. The molecule has 120 valence electrons. The van der Waals surface area contributed by atoms with Crippen LogP contribution < -0.4 is 16.0 Å². The van der Waals surface area contributed by atoms with Crippen LogP contribution in [0, 0.1) is 0 Å². The number of amides is 1. The third-order valence-corrected chi connectivity index (χ3v) is 4.35. The maximum Gasteiger partial charge on any atom is 0.278 e. The second-order valence-corrected chi connectivity index (χ2v) is 5.81. The Hall–Kier alpha value is -2.63. The van der Waals surface area contributed by atoms with E-state index in [1.165, 1.54) is 38.1 Å². The molecule has 0 saturated heterocycles. The first-order valence-corrected chi connectivity index (χ1v) is 7.86. The molecule has 1 aromatic carbocycles. The van der Waals surface area contributed by atoms with E-state index in [4.69, 9.17) is 5.73 Å². The Morgan fingerprint density at radius 3 is 2.65 bits per heavy atom. The lowest BCUT2D eigenvalue weighted by Crippen LogP contribution is -2.30. The molecule has 6 heteroatoms. The van der Waals surface area contributed by atoms with E-state index in [1.54, 1.807) is 0 Å². The molecular formula is C17H21N5O. The fourth-order valence-corrected chi connectivity index (χ4v) is 3.08. The fraction of sp³-hybridized carbons (Fsp3) is 0.353. The van der Waals surface area contributed by atoms with Crippen LogP contribution >= 0.6 is 0 Å². The monoisotopic (exact) mass is 311 g/mol. The average Bonchev–Trinajstić information content (AvgIpc) is 3.09. The molecule has 1 fully saturated rings. The Kier molecular flexibility index (Phi) is 4.41. The molecule has 3 rings (SSSR count). The number of anilines is 3.